The molecular weight excluding hydrogens is 208 g/mol. The first-order valence-corrected chi connectivity index (χ1v) is 6.46. The summed E-state index contributed by atoms with van der Waals surface area (Å²) in [5, 5.41) is 0. The van der Waals surface area contributed by atoms with Crippen LogP contribution in [0.2, 0.25) is 0 Å². The average molecular weight is 234 g/mol. The molecule has 2 N–H and O–H groups in total. The van der Waals surface area contributed by atoms with Crippen molar-refractivity contribution in [2.75, 3.05) is 18.5 Å². The zero-order valence-electron chi connectivity index (χ0n) is 11.9. The summed E-state index contributed by atoms with van der Waals surface area (Å²) in [5.74, 6) is 0. The second-order valence-corrected chi connectivity index (χ2v) is 5.26. The Morgan fingerprint density at radius 3 is 2.29 bits per heavy atom. The molecule has 2 heteroatoms. The number of nitrogens with two attached hydrogens (primary N) is 1. The van der Waals surface area contributed by atoms with Gasteiger partial charge in [-0.15, -0.1) is 0 Å². The molecule has 0 aliphatic carbocycles. The molecule has 1 aromatic carbocycles. The highest BCUT2D eigenvalue weighted by Crippen LogP contribution is 2.23. The van der Waals surface area contributed by atoms with Crippen LogP contribution in [0.3, 0.4) is 0 Å². The molecular formula is C15H26N2. The Morgan fingerprint density at radius 1 is 1.12 bits per heavy atom. The number of hydrogen-bond acceptors (Lipinski definition) is 2. The van der Waals surface area contributed by atoms with Crippen LogP contribution in [0.5, 0.6) is 0 Å². The molecule has 0 aromatic heterocycles. The van der Waals surface area contributed by atoms with E-state index in [0.29, 0.717) is 6.04 Å². The summed E-state index contributed by atoms with van der Waals surface area (Å²) in [6.07, 6.45) is 2.24. The maximum atomic E-state index is 5.77. The monoisotopic (exact) mass is 234 g/mol. The van der Waals surface area contributed by atoms with E-state index in [1.165, 1.54) is 22.4 Å². The molecule has 0 bridgehead atoms. The summed E-state index contributed by atoms with van der Waals surface area (Å²) in [7, 11) is 2.16. The van der Waals surface area contributed by atoms with E-state index in [2.05, 4.69) is 51.8 Å². The molecule has 0 aliphatic rings. The van der Waals surface area contributed by atoms with Crippen molar-refractivity contribution in [2.24, 2.45) is 5.73 Å². The zero-order valence-corrected chi connectivity index (χ0v) is 11.9. The third-order valence-electron chi connectivity index (χ3n) is 3.38. The van der Waals surface area contributed by atoms with Gasteiger partial charge in [0.1, 0.15) is 0 Å². The van der Waals surface area contributed by atoms with Crippen molar-refractivity contribution in [2.45, 2.75) is 46.6 Å². The molecule has 1 unspecified atom stereocenters. The minimum Gasteiger partial charge on any atom is -0.374 e. The van der Waals surface area contributed by atoms with Gasteiger partial charge in [-0.1, -0.05) is 6.07 Å². The van der Waals surface area contributed by atoms with Gasteiger partial charge >= 0.3 is 0 Å². The third kappa shape index (κ3) is 4.04. The molecule has 0 fully saturated rings. The molecule has 1 rings (SSSR count). The van der Waals surface area contributed by atoms with Crippen molar-refractivity contribution in [3.63, 3.8) is 0 Å². The normalized spacial score (nSPS) is 12.6. The van der Waals surface area contributed by atoms with Crippen LogP contribution < -0.4 is 10.6 Å². The summed E-state index contributed by atoms with van der Waals surface area (Å²) in [6, 6.07) is 4.87. The molecule has 0 amide bonds. The number of rotatable bonds is 5. The number of aryl methyl sites for hydroxylation is 3. The summed E-state index contributed by atoms with van der Waals surface area (Å²) in [4.78, 5) is 2.34. The highest BCUT2D eigenvalue weighted by atomic mass is 15.1. The molecule has 0 radical (unpaired) electrons. The fraction of sp³-hybridized carbons (Fsp3) is 0.600. The van der Waals surface area contributed by atoms with Crippen LogP contribution in [-0.2, 0) is 0 Å². The standard InChI is InChI=1S/C15H26N2/c1-11-9-13(3)15(10-12(11)2)17(5)8-6-7-14(4)16/h9-10,14H,6-8,16H2,1-5H3. The van der Waals surface area contributed by atoms with Gasteiger partial charge in [-0.05, 0) is 63.3 Å². The van der Waals surface area contributed by atoms with Crippen LogP contribution in [0.1, 0.15) is 36.5 Å². The summed E-state index contributed by atoms with van der Waals surface area (Å²) < 4.78 is 0. The Labute approximate surface area is 106 Å². The topological polar surface area (TPSA) is 29.3 Å². The van der Waals surface area contributed by atoms with Gasteiger partial charge in [0.25, 0.3) is 0 Å². The fourth-order valence-electron chi connectivity index (χ4n) is 2.13. The van der Waals surface area contributed by atoms with Crippen molar-refractivity contribution in [1.29, 1.82) is 0 Å². The molecule has 0 aliphatic heterocycles. The Morgan fingerprint density at radius 2 is 1.71 bits per heavy atom. The number of nitrogens with zero attached hydrogens (tertiary/aromatic N) is 1. The molecule has 0 spiro atoms. The first-order chi connectivity index (χ1) is 7.91. The minimum atomic E-state index is 0.309. The van der Waals surface area contributed by atoms with E-state index in [1.807, 2.05) is 0 Å². The van der Waals surface area contributed by atoms with Gasteiger partial charge in [-0.3, -0.25) is 0 Å². The predicted octanol–water partition coefficient (Wildman–Crippen LogP) is 3.18. The molecule has 1 aromatic rings. The number of benzene rings is 1. The molecule has 96 valence electrons. The van der Waals surface area contributed by atoms with Crippen molar-refractivity contribution < 1.29 is 0 Å². The third-order valence-corrected chi connectivity index (χ3v) is 3.38. The second-order valence-electron chi connectivity index (χ2n) is 5.26. The highest BCUT2D eigenvalue weighted by Gasteiger charge is 2.07. The van der Waals surface area contributed by atoms with E-state index >= 15 is 0 Å². The van der Waals surface area contributed by atoms with Crippen molar-refractivity contribution >= 4 is 5.69 Å². The molecule has 0 saturated carbocycles. The lowest BCUT2D eigenvalue weighted by Gasteiger charge is -2.23. The molecule has 1 atom stereocenters. The van der Waals surface area contributed by atoms with Gasteiger partial charge in [0, 0.05) is 25.3 Å². The summed E-state index contributed by atoms with van der Waals surface area (Å²) >= 11 is 0. The van der Waals surface area contributed by atoms with Gasteiger partial charge in [-0.2, -0.15) is 0 Å². The summed E-state index contributed by atoms with van der Waals surface area (Å²) in [6.45, 7) is 9.67. The first kappa shape index (κ1) is 14.0. The fourth-order valence-corrected chi connectivity index (χ4v) is 2.13. The quantitative estimate of drug-likeness (QED) is 0.848. The Bertz CT molecular complexity index is 369. The molecule has 0 heterocycles. The average Bonchev–Trinajstić information content (AvgIpc) is 2.22. The van der Waals surface area contributed by atoms with Crippen LogP contribution in [0.15, 0.2) is 12.1 Å². The largest absolute Gasteiger partial charge is 0.374 e. The van der Waals surface area contributed by atoms with Crippen LogP contribution in [-0.4, -0.2) is 19.6 Å². The smallest absolute Gasteiger partial charge is 0.0396 e. The highest BCUT2D eigenvalue weighted by molar-refractivity contribution is 5.56. The maximum absolute atomic E-state index is 5.77. The van der Waals surface area contributed by atoms with E-state index in [-0.39, 0.29) is 0 Å². The summed E-state index contributed by atoms with van der Waals surface area (Å²) in [5.41, 5.74) is 11.2. The van der Waals surface area contributed by atoms with E-state index < -0.39 is 0 Å². The van der Waals surface area contributed by atoms with Crippen LogP contribution >= 0.6 is 0 Å². The Kier molecular flexibility index (Phi) is 5.01. The zero-order chi connectivity index (χ0) is 13.0. The van der Waals surface area contributed by atoms with Gasteiger partial charge in [0.05, 0.1) is 0 Å². The lowest BCUT2D eigenvalue weighted by Crippen LogP contribution is -2.22. The van der Waals surface area contributed by atoms with Gasteiger partial charge < -0.3 is 10.6 Å². The lowest BCUT2D eigenvalue weighted by molar-refractivity contribution is 0.621. The lowest BCUT2D eigenvalue weighted by atomic mass is 10.0. The number of hydrogen-bond donors (Lipinski definition) is 1. The maximum Gasteiger partial charge on any atom is 0.0396 e. The van der Waals surface area contributed by atoms with Gasteiger partial charge in [-0.25, -0.2) is 0 Å². The molecule has 0 saturated heterocycles. The number of anilines is 1. The van der Waals surface area contributed by atoms with E-state index in [0.717, 1.165) is 19.4 Å². The molecule has 17 heavy (non-hydrogen) atoms. The SMILES string of the molecule is Cc1cc(C)c(N(C)CCCC(C)N)cc1C. The second kappa shape index (κ2) is 6.06. The van der Waals surface area contributed by atoms with Gasteiger partial charge in [0.2, 0.25) is 0 Å². The Hall–Kier alpha value is -1.02. The minimum absolute atomic E-state index is 0.309. The van der Waals surface area contributed by atoms with Crippen LogP contribution in [0, 0.1) is 20.8 Å². The van der Waals surface area contributed by atoms with Gasteiger partial charge in [0.15, 0.2) is 0 Å². The Balaban J connectivity index is 2.68. The van der Waals surface area contributed by atoms with E-state index in [9.17, 15) is 0 Å². The van der Waals surface area contributed by atoms with Crippen molar-refractivity contribution in [3.8, 4) is 0 Å². The van der Waals surface area contributed by atoms with Crippen LogP contribution in [0.25, 0.3) is 0 Å². The van der Waals surface area contributed by atoms with Crippen molar-refractivity contribution in [3.05, 3.63) is 28.8 Å². The first-order valence-electron chi connectivity index (χ1n) is 6.46. The van der Waals surface area contributed by atoms with E-state index in [1.54, 1.807) is 0 Å². The van der Waals surface area contributed by atoms with Crippen LogP contribution in [0.4, 0.5) is 5.69 Å². The van der Waals surface area contributed by atoms with E-state index in [4.69, 9.17) is 5.73 Å². The molecule has 2 nitrogen and oxygen atoms in total. The van der Waals surface area contributed by atoms with Crippen molar-refractivity contribution in [1.82, 2.24) is 0 Å². The predicted molar refractivity (Wildman–Crippen MR) is 76.8 cm³/mol.